The van der Waals surface area contributed by atoms with Gasteiger partial charge in [-0.3, -0.25) is 9.59 Å². The van der Waals surface area contributed by atoms with Crippen molar-refractivity contribution in [3.63, 3.8) is 0 Å². The zero-order chi connectivity index (χ0) is 35.9. The second kappa shape index (κ2) is 15.6. The lowest BCUT2D eigenvalue weighted by Crippen LogP contribution is -2.29. The van der Waals surface area contributed by atoms with Crippen LogP contribution in [0.4, 0.5) is 0 Å². The van der Waals surface area contributed by atoms with Crippen LogP contribution in [-0.4, -0.2) is 28.5 Å². The van der Waals surface area contributed by atoms with Crippen LogP contribution in [0.3, 0.4) is 0 Å². The molecule has 0 radical (unpaired) electrons. The first-order valence-electron chi connectivity index (χ1n) is 16.7. The fourth-order valence-corrected chi connectivity index (χ4v) is 6.29. The van der Waals surface area contributed by atoms with Gasteiger partial charge in [0.05, 0.1) is 18.9 Å². The van der Waals surface area contributed by atoms with Gasteiger partial charge in [-0.05, 0) is 78.6 Å². The number of rotatable bonds is 11. The van der Waals surface area contributed by atoms with Crippen LogP contribution in [-0.2, 0) is 20.9 Å². The summed E-state index contributed by atoms with van der Waals surface area (Å²) in [5.74, 6) is 0.347. The molecule has 50 heavy (non-hydrogen) atoms. The molecule has 1 aromatic heterocycles. The molecule has 0 saturated carbocycles. The monoisotopic (exact) mass is 664 g/mol. The Labute approximate surface area is 294 Å². The highest BCUT2D eigenvalue weighted by Crippen LogP contribution is 2.37. The molecule has 1 heterocycles. The highest BCUT2D eigenvalue weighted by molar-refractivity contribution is 6.19. The van der Waals surface area contributed by atoms with E-state index < -0.39 is 5.97 Å². The van der Waals surface area contributed by atoms with Crippen molar-refractivity contribution in [2.24, 2.45) is 0 Å². The van der Waals surface area contributed by atoms with E-state index in [0.29, 0.717) is 23.2 Å². The van der Waals surface area contributed by atoms with Crippen LogP contribution >= 0.6 is 0 Å². The summed E-state index contributed by atoms with van der Waals surface area (Å²) in [7, 11) is 1.60. The molecular formula is C44H44N2O4. The van der Waals surface area contributed by atoms with Crippen LogP contribution in [0, 0.1) is 0 Å². The molecule has 0 aliphatic rings. The topological polar surface area (TPSA) is 60.8 Å². The molecule has 0 aliphatic carbocycles. The van der Waals surface area contributed by atoms with Gasteiger partial charge in [-0.15, -0.1) is 0 Å². The minimum absolute atomic E-state index is 0.00252. The number of fused-ring (bicyclic) bond motifs is 4. The normalized spacial score (nSPS) is 11.4. The number of benzene rings is 5. The maximum absolute atomic E-state index is 13.9. The molecule has 0 bridgehead atoms. The fourth-order valence-electron chi connectivity index (χ4n) is 6.29. The minimum atomic E-state index is -0.410. The van der Waals surface area contributed by atoms with Crippen LogP contribution in [0.25, 0.3) is 38.2 Å². The summed E-state index contributed by atoms with van der Waals surface area (Å²) in [4.78, 5) is 31.5. The Bertz CT molecular complexity index is 2220. The van der Waals surface area contributed by atoms with Crippen molar-refractivity contribution in [3.05, 3.63) is 163 Å². The molecule has 6 heteroatoms. The average molecular weight is 665 g/mol. The zero-order valence-corrected chi connectivity index (χ0v) is 29.5. The second-order valence-corrected chi connectivity index (χ2v) is 12.3. The molecular weight excluding hydrogens is 620 g/mol. The maximum atomic E-state index is 13.9. The van der Waals surface area contributed by atoms with Crippen LogP contribution in [0.2, 0.25) is 0 Å². The molecule has 0 saturated heterocycles. The van der Waals surface area contributed by atoms with Crippen LogP contribution in [0.1, 0.15) is 67.2 Å². The highest BCUT2D eigenvalue weighted by Gasteiger charge is 2.25. The quantitative estimate of drug-likeness (QED) is 0.0784. The number of hydrogen-bond acceptors (Lipinski definition) is 5. The molecule has 6 aromatic rings. The number of methoxy groups -OCH3 is 1. The van der Waals surface area contributed by atoms with Gasteiger partial charge >= 0.3 is 5.97 Å². The minimum Gasteiger partial charge on any atom is -0.502 e. The molecule has 0 fully saturated rings. The van der Waals surface area contributed by atoms with Crippen LogP contribution < -0.4 is 0 Å². The first-order valence-corrected chi connectivity index (χ1v) is 16.7. The summed E-state index contributed by atoms with van der Waals surface area (Å²) >= 11 is 0. The Morgan fingerprint density at radius 2 is 1.32 bits per heavy atom. The molecule has 6 rings (SSSR count). The predicted octanol–water partition coefficient (Wildman–Crippen LogP) is 10.8. The summed E-state index contributed by atoms with van der Waals surface area (Å²) in [5, 5.41) is 5.66. The average Bonchev–Trinajstić information content (AvgIpc) is 3.45. The molecule has 1 unspecified atom stereocenters. The Balaban J connectivity index is 0.000000908. The Hall–Kier alpha value is -5.88. The molecule has 0 spiro atoms. The van der Waals surface area contributed by atoms with E-state index in [0.717, 1.165) is 61.6 Å². The van der Waals surface area contributed by atoms with Gasteiger partial charge < -0.3 is 14.1 Å². The molecule has 6 nitrogen and oxygen atoms in total. The Morgan fingerprint density at radius 3 is 1.92 bits per heavy atom. The van der Waals surface area contributed by atoms with Gasteiger partial charge in [-0.1, -0.05) is 98.6 Å². The number of aromatic nitrogens is 1. The lowest BCUT2D eigenvalue weighted by Gasteiger charge is -2.32. The lowest BCUT2D eigenvalue weighted by atomic mass is 9.93. The van der Waals surface area contributed by atoms with E-state index in [1.807, 2.05) is 91.9 Å². The smallest absolute Gasteiger partial charge is 0.329 e. The van der Waals surface area contributed by atoms with Crippen molar-refractivity contribution >= 4 is 49.9 Å². The van der Waals surface area contributed by atoms with Crippen molar-refractivity contribution in [2.45, 2.75) is 46.7 Å². The number of aryl methyl sites for hydroxylation is 1. The standard InChI is InChI=1S/C40H36N2O3.C4H8O/c1-6-41-37-21-19-31(27(4)23-39(30-14-8-7-9-15-30)42(26(2)3)45-28(5)43)24-35(37)36-25-32(20-22-38(36)41)40(44)34-18-12-16-29-13-10-11-17-33(29)34;1-4(2)5-3/h7-22,24-25,39H,2,4,6,23H2,1,3,5H3;1H2,2-3H3. The Kier molecular flexibility index (Phi) is 11.0. The predicted molar refractivity (Wildman–Crippen MR) is 206 cm³/mol. The second-order valence-electron chi connectivity index (χ2n) is 12.3. The van der Waals surface area contributed by atoms with E-state index in [1.165, 1.54) is 6.92 Å². The molecule has 0 aliphatic heterocycles. The molecule has 0 N–H and O–H groups in total. The number of ketones is 1. The maximum Gasteiger partial charge on any atom is 0.329 e. The van der Waals surface area contributed by atoms with Crippen molar-refractivity contribution in [2.75, 3.05) is 7.11 Å². The largest absolute Gasteiger partial charge is 0.502 e. The van der Waals surface area contributed by atoms with Gasteiger partial charge in [-0.2, -0.15) is 0 Å². The number of carbonyl (C=O) groups is 2. The number of nitrogens with zero attached hydrogens (tertiary/aromatic N) is 2. The van der Waals surface area contributed by atoms with E-state index in [2.05, 4.69) is 60.2 Å². The number of hydroxylamine groups is 2. The zero-order valence-electron chi connectivity index (χ0n) is 29.5. The van der Waals surface area contributed by atoms with Crippen LogP contribution in [0.15, 0.2) is 140 Å². The lowest BCUT2D eigenvalue weighted by molar-refractivity contribution is -0.188. The Morgan fingerprint density at radius 1 is 0.740 bits per heavy atom. The third-order valence-corrected chi connectivity index (χ3v) is 8.74. The van der Waals surface area contributed by atoms with Gasteiger partial charge in [-0.25, -0.2) is 5.06 Å². The summed E-state index contributed by atoms with van der Waals surface area (Å²) in [6.07, 6.45) is 0.507. The third kappa shape index (κ3) is 7.55. The van der Waals surface area contributed by atoms with Crippen molar-refractivity contribution < 1.29 is 19.2 Å². The first-order chi connectivity index (χ1) is 24.0. The van der Waals surface area contributed by atoms with Crippen molar-refractivity contribution in [1.82, 2.24) is 9.63 Å². The highest BCUT2D eigenvalue weighted by atomic mass is 16.7. The van der Waals surface area contributed by atoms with E-state index in [9.17, 15) is 9.59 Å². The van der Waals surface area contributed by atoms with E-state index in [4.69, 9.17) is 4.84 Å². The van der Waals surface area contributed by atoms with Crippen molar-refractivity contribution in [1.29, 1.82) is 0 Å². The summed E-state index contributed by atoms with van der Waals surface area (Å²) in [6.45, 7) is 20.0. The van der Waals surface area contributed by atoms with Crippen LogP contribution in [0.5, 0.6) is 0 Å². The first kappa shape index (κ1) is 35.4. The summed E-state index contributed by atoms with van der Waals surface area (Å²) in [5.41, 5.74) is 7.01. The molecule has 5 aromatic carbocycles. The fraction of sp³-hybridized carbons (Fsp3) is 0.182. The molecule has 1 atom stereocenters. The number of hydrogen-bond donors (Lipinski definition) is 0. The number of ether oxygens (including phenoxy) is 1. The van der Waals surface area contributed by atoms with Gasteiger partial charge in [0.15, 0.2) is 5.78 Å². The van der Waals surface area contributed by atoms with E-state index in [1.54, 1.807) is 19.1 Å². The third-order valence-electron chi connectivity index (χ3n) is 8.74. The van der Waals surface area contributed by atoms with Gasteiger partial charge in [0.25, 0.3) is 0 Å². The SMILES string of the molecule is C=C(C)OC.C=C(CC(c1ccccc1)N(OC(C)=O)C(=C)C)c1ccc2c(c1)c1cc(C(=O)c3cccc4ccccc34)ccc1n2CC. The molecule has 0 amide bonds. The molecule has 254 valence electrons. The van der Waals surface area contributed by atoms with Gasteiger partial charge in [0.1, 0.15) is 0 Å². The van der Waals surface area contributed by atoms with E-state index >= 15 is 0 Å². The summed E-state index contributed by atoms with van der Waals surface area (Å²) < 4.78 is 6.83. The van der Waals surface area contributed by atoms with Gasteiger partial charge in [0, 0.05) is 58.5 Å². The number of carbonyl (C=O) groups excluding carboxylic acids is 2. The summed E-state index contributed by atoms with van der Waals surface area (Å²) in [6, 6.07) is 35.9. The van der Waals surface area contributed by atoms with Gasteiger partial charge in [0.2, 0.25) is 0 Å². The van der Waals surface area contributed by atoms with Crippen molar-refractivity contribution in [3.8, 4) is 0 Å². The number of allylic oxidation sites excluding steroid dienone is 2. The van der Waals surface area contributed by atoms with E-state index in [-0.39, 0.29) is 11.8 Å².